The van der Waals surface area contributed by atoms with E-state index in [4.69, 9.17) is 28.1 Å². The Morgan fingerprint density at radius 2 is 1.93 bits per heavy atom. The van der Waals surface area contributed by atoms with Crippen molar-refractivity contribution in [1.29, 1.82) is 0 Å². The van der Waals surface area contributed by atoms with Crippen LogP contribution >= 0.6 is 0 Å². The number of rotatable bonds is 4. The third kappa shape index (κ3) is 3.10. The van der Waals surface area contributed by atoms with E-state index < -0.39 is 42.0 Å². The van der Waals surface area contributed by atoms with Gasteiger partial charge in [0.15, 0.2) is 6.10 Å². The predicted molar refractivity (Wildman–Crippen MR) is 99.0 cm³/mol. The van der Waals surface area contributed by atoms with E-state index in [1.807, 2.05) is 13.8 Å². The number of fused-ring (bicyclic) bond motifs is 2. The third-order valence-electron chi connectivity index (χ3n) is 5.63. The average molecular weight is 406 g/mol. The maximum atomic E-state index is 11.8. The zero-order valence-corrected chi connectivity index (χ0v) is 16.5. The monoisotopic (exact) mass is 406 g/mol. The lowest BCUT2D eigenvalue weighted by atomic mass is 9.86. The van der Waals surface area contributed by atoms with Crippen LogP contribution in [0.25, 0.3) is 11.0 Å². The molecule has 2 saturated heterocycles. The van der Waals surface area contributed by atoms with E-state index in [0.29, 0.717) is 23.1 Å². The predicted octanol–water partition coefficient (Wildman–Crippen LogP) is 2.63. The van der Waals surface area contributed by atoms with Crippen molar-refractivity contribution in [3.63, 3.8) is 0 Å². The molecular formula is C20H22O9. The van der Waals surface area contributed by atoms with Gasteiger partial charge >= 0.3 is 11.8 Å². The van der Waals surface area contributed by atoms with Crippen LogP contribution in [0.15, 0.2) is 27.4 Å². The van der Waals surface area contributed by atoms with Crippen molar-refractivity contribution in [1.82, 2.24) is 0 Å². The summed E-state index contributed by atoms with van der Waals surface area (Å²) in [5, 5.41) is 10.4. The fraction of sp³-hybridized carbons (Fsp3) is 0.500. The maximum absolute atomic E-state index is 11.8. The molecule has 1 aromatic heterocycles. The van der Waals surface area contributed by atoms with Crippen LogP contribution in [0.1, 0.15) is 25.8 Å². The number of aromatic hydroxyl groups is 1. The van der Waals surface area contributed by atoms with E-state index in [9.17, 15) is 14.7 Å². The molecule has 0 saturated carbocycles. The second kappa shape index (κ2) is 6.93. The van der Waals surface area contributed by atoms with Gasteiger partial charge < -0.3 is 33.2 Å². The van der Waals surface area contributed by atoms with Gasteiger partial charge in [0.2, 0.25) is 12.4 Å². The lowest BCUT2D eigenvalue weighted by Gasteiger charge is -2.46. The molecule has 1 N–H and O–H groups in total. The molecule has 0 bridgehead atoms. The molecule has 2 aliphatic heterocycles. The van der Waals surface area contributed by atoms with Gasteiger partial charge in [0.1, 0.15) is 23.2 Å². The molecule has 2 fully saturated rings. The van der Waals surface area contributed by atoms with Gasteiger partial charge in [-0.05, 0) is 32.4 Å². The van der Waals surface area contributed by atoms with Crippen LogP contribution in [0.5, 0.6) is 11.5 Å². The van der Waals surface area contributed by atoms with Crippen LogP contribution in [-0.4, -0.2) is 48.6 Å². The first-order valence-corrected chi connectivity index (χ1v) is 9.28. The highest BCUT2D eigenvalue weighted by Gasteiger charge is 2.59. The third-order valence-corrected chi connectivity index (χ3v) is 5.63. The Morgan fingerprint density at radius 3 is 2.62 bits per heavy atom. The quantitative estimate of drug-likeness (QED) is 0.604. The van der Waals surface area contributed by atoms with E-state index in [2.05, 4.69) is 0 Å². The molecule has 0 aliphatic carbocycles. The summed E-state index contributed by atoms with van der Waals surface area (Å²) in [4.78, 5) is 23.5. The molecule has 4 rings (SSSR count). The van der Waals surface area contributed by atoms with Crippen LogP contribution in [0.3, 0.4) is 0 Å². The van der Waals surface area contributed by atoms with Gasteiger partial charge in [-0.15, -0.1) is 0 Å². The standard InChI is InChI=1S/C20H22O9/c1-5-20(3)17(24-4)15-16(28-19(23)27-15)18(29-20)25-12-7-6-10-11(21)8-13(22)26-14(10)9(12)2/h6-8,15-18,21H,5H2,1-4H3. The summed E-state index contributed by atoms with van der Waals surface area (Å²) in [6.45, 7) is 5.47. The van der Waals surface area contributed by atoms with Gasteiger partial charge in [0, 0.05) is 12.7 Å². The lowest BCUT2D eigenvalue weighted by Crippen LogP contribution is -2.63. The first kappa shape index (κ1) is 19.5. The molecular weight excluding hydrogens is 384 g/mol. The molecule has 2 aromatic rings. The highest BCUT2D eigenvalue weighted by molar-refractivity contribution is 5.87. The van der Waals surface area contributed by atoms with E-state index in [-0.39, 0.29) is 11.3 Å². The van der Waals surface area contributed by atoms with Crippen molar-refractivity contribution in [3.05, 3.63) is 34.2 Å². The van der Waals surface area contributed by atoms with Crippen LogP contribution in [0, 0.1) is 6.92 Å². The summed E-state index contributed by atoms with van der Waals surface area (Å²) >= 11 is 0. The van der Waals surface area contributed by atoms with Crippen molar-refractivity contribution in [3.8, 4) is 11.5 Å². The van der Waals surface area contributed by atoms with Crippen LogP contribution in [-0.2, 0) is 18.9 Å². The summed E-state index contributed by atoms with van der Waals surface area (Å²) in [6, 6.07) is 4.20. The molecule has 0 radical (unpaired) electrons. The normalized spacial score (nSPS) is 31.2. The minimum Gasteiger partial charge on any atom is -0.507 e. The van der Waals surface area contributed by atoms with E-state index in [1.165, 1.54) is 7.11 Å². The first-order chi connectivity index (χ1) is 13.8. The fourth-order valence-electron chi connectivity index (χ4n) is 3.91. The summed E-state index contributed by atoms with van der Waals surface area (Å²) < 4.78 is 33.6. The second-order valence-electron chi connectivity index (χ2n) is 7.36. The second-order valence-corrected chi connectivity index (χ2v) is 7.36. The molecule has 29 heavy (non-hydrogen) atoms. The molecule has 5 unspecified atom stereocenters. The van der Waals surface area contributed by atoms with E-state index in [0.717, 1.165) is 6.07 Å². The molecule has 5 atom stereocenters. The van der Waals surface area contributed by atoms with Gasteiger partial charge in [0.25, 0.3) is 0 Å². The highest BCUT2D eigenvalue weighted by atomic mass is 16.8. The number of aryl methyl sites for hydroxylation is 1. The molecule has 9 nitrogen and oxygen atoms in total. The number of methoxy groups -OCH3 is 1. The van der Waals surface area contributed by atoms with E-state index in [1.54, 1.807) is 19.1 Å². The fourth-order valence-corrected chi connectivity index (χ4v) is 3.91. The molecule has 3 heterocycles. The Labute approximate surface area is 166 Å². The largest absolute Gasteiger partial charge is 0.509 e. The average Bonchev–Trinajstić information content (AvgIpc) is 3.05. The Kier molecular flexibility index (Phi) is 4.66. The van der Waals surface area contributed by atoms with Crippen molar-refractivity contribution in [2.45, 2.75) is 57.4 Å². The van der Waals surface area contributed by atoms with Gasteiger partial charge in [0.05, 0.1) is 17.1 Å². The number of benzene rings is 1. The zero-order valence-electron chi connectivity index (χ0n) is 16.5. The number of hydrogen-bond acceptors (Lipinski definition) is 9. The molecule has 0 spiro atoms. The smallest absolute Gasteiger partial charge is 0.507 e. The lowest BCUT2D eigenvalue weighted by molar-refractivity contribution is -0.289. The SMILES string of the molecule is CCC1(C)OC(Oc2ccc3c(O)cc(=O)oc3c2C)C2OC(=O)OC2C1OC. The number of ether oxygens (including phenoxy) is 5. The summed E-state index contributed by atoms with van der Waals surface area (Å²) in [5.74, 6) is 0.173. The molecule has 2 aliphatic rings. The van der Waals surface area contributed by atoms with Crippen molar-refractivity contribution in [2.75, 3.05) is 7.11 Å². The van der Waals surface area contributed by atoms with Crippen molar-refractivity contribution in [2.24, 2.45) is 0 Å². The summed E-state index contributed by atoms with van der Waals surface area (Å²) in [6.07, 6.45) is -3.27. The molecule has 0 amide bonds. The van der Waals surface area contributed by atoms with Gasteiger partial charge in [-0.1, -0.05) is 6.92 Å². The topological polar surface area (TPSA) is 114 Å². The summed E-state index contributed by atoms with van der Waals surface area (Å²) in [7, 11) is 1.52. The van der Waals surface area contributed by atoms with Gasteiger partial charge in [-0.25, -0.2) is 9.59 Å². The molecule has 1 aromatic carbocycles. The Bertz CT molecular complexity index is 1010. The van der Waals surface area contributed by atoms with Crippen molar-refractivity contribution < 1.29 is 38.0 Å². The maximum Gasteiger partial charge on any atom is 0.509 e. The van der Waals surface area contributed by atoms with Crippen molar-refractivity contribution >= 4 is 17.1 Å². The first-order valence-electron chi connectivity index (χ1n) is 9.28. The number of carbonyl (C=O) groups excluding carboxylic acids is 1. The highest BCUT2D eigenvalue weighted by Crippen LogP contribution is 2.41. The minimum absolute atomic E-state index is 0.181. The van der Waals surface area contributed by atoms with E-state index >= 15 is 0 Å². The number of carbonyl (C=O) groups is 1. The van der Waals surface area contributed by atoms with Crippen LogP contribution < -0.4 is 10.4 Å². The minimum atomic E-state index is -0.969. The zero-order chi connectivity index (χ0) is 20.9. The molecule has 156 valence electrons. The van der Waals surface area contributed by atoms with Crippen LogP contribution in [0.4, 0.5) is 4.79 Å². The van der Waals surface area contributed by atoms with Crippen LogP contribution in [0.2, 0.25) is 0 Å². The summed E-state index contributed by atoms with van der Waals surface area (Å²) in [5.41, 5.74) is -0.770. The Balaban J connectivity index is 1.72. The Morgan fingerprint density at radius 1 is 1.21 bits per heavy atom. The van der Waals surface area contributed by atoms with Gasteiger partial charge in [-0.3, -0.25) is 0 Å². The molecule has 9 heteroatoms. The van der Waals surface area contributed by atoms with Gasteiger partial charge in [-0.2, -0.15) is 0 Å². The Hall–Kier alpha value is -2.78. The number of hydrogen-bond donors (Lipinski definition) is 1.